The van der Waals surface area contributed by atoms with Crippen LogP contribution in [0.4, 0.5) is 0 Å². The van der Waals surface area contributed by atoms with Crippen LogP contribution in [0.2, 0.25) is 0 Å². The Morgan fingerprint density at radius 1 is 1.58 bits per heavy atom. The van der Waals surface area contributed by atoms with Gasteiger partial charge in [0.15, 0.2) is 0 Å². The van der Waals surface area contributed by atoms with Gasteiger partial charge in [-0.05, 0) is 20.3 Å². The van der Waals surface area contributed by atoms with Crippen LogP contribution in [-0.4, -0.2) is 38.5 Å². The molecule has 0 aromatic carbocycles. The van der Waals surface area contributed by atoms with Gasteiger partial charge in [-0.3, -0.25) is 0 Å². The lowest BCUT2D eigenvalue weighted by atomic mass is 10.2. The maximum Gasteiger partial charge on any atom is 0.0932 e. The third-order valence-electron chi connectivity index (χ3n) is 2.11. The lowest BCUT2D eigenvalue weighted by Gasteiger charge is -2.14. The summed E-state index contributed by atoms with van der Waals surface area (Å²) in [5, 5.41) is 3.40. The molecule has 3 heteroatoms. The molecule has 1 saturated heterocycles. The third kappa shape index (κ3) is 3.52. The second-order valence-corrected chi connectivity index (χ2v) is 3.25. The Morgan fingerprint density at radius 3 is 3.17 bits per heavy atom. The van der Waals surface area contributed by atoms with Gasteiger partial charge >= 0.3 is 0 Å². The Kier molecular flexibility index (Phi) is 4.58. The topological polar surface area (TPSA) is 30.5 Å². The minimum Gasteiger partial charge on any atom is -0.379 e. The lowest BCUT2D eigenvalue weighted by molar-refractivity contribution is -0.00392. The summed E-state index contributed by atoms with van der Waals surface area (Å²) in [5.41, 5.74) is 0. The van der Waals surface area contributed by atoms with Gasteiger partial charge in [0.25, 0.3) is 0 Å². The normalized spacial score (nSPS) is 31.5. The zero-order valence-corrected chi connectivity index (χ0v) is 8.01. The molecule has 0 saturated carbocycles. The lowest BCUT2D eigenvalue weighted by Crippen LogP contribution is -2.33. The fourth-order valence-corrected chi connectivity index (χ4v) is 1.26. The van der Waals surface area contributed by atoms with Crippen LogP contribution in [0.1, 0.15) is 20.3 Å². The Morgan fingerprint density at radius 2 is 2.42 bits per heavy atom. The number of hydrogen-bond acceptors (Lipinski definition) is 3. The van der Waals surface area contributed by atoms with E-state index in [0.717, 1.165) is 32.8 Å². The van der Waals surface area contributed by atoms with Gasteiger partial charge in [-0.2, -0.15) is 0 Å². The molecule has 2 unspecified atom stereocenters. The fraction of sp³-hybridized carbons (Fsp3) is 1.00. The second-order valence-electron chi connectivity index (χ2n) is 3.25. The average molecular weight is 173 g/mol. The number of hydrogen-bond donors (Lipinski definition) is 1. The van der Waals surface area contributed by atoms with Crippen LogP contribution in [0.5, 0.6) is 0 Å². The summed E-state index contributed by atoms with van der Waals surface area (Å²) in [7, 11) is 0. The highest BCUT2D eigenvalue weighted by Gasteiger charge is 2.15. The molecule has 2 atom stereocenters. The summed E-state index contributed by atoms with van der Waals surface area (Å²) in [6, 6.07) is 0.580. The highest BCUT2D eigenvalue weighted by Crippen LogP contribution is 2.02. The van der Waals surface area contributed by atoms with Crippen molar-refractivity contribution < 1.29 is 9.47 Å². The molecule has 12 heavy (non-hydrogen) atoms. The number of nitrogens with one attached hydrogen (secondary N) is 1. The zero-order chi connectivity index (χ0) is 8.81. The smallest absolute Gasteiger partial charge is 0.0932 e. The maximum atomic E-state index is 5.59. The number of rotatable bonds is 3. The molecule has 1 heterocycles. The Hall–Kier alpha value is -0.120. The fourth-order valence-electron chi connectivity index (χ4n) is 1.26. The van der Waals surface area contributed by atoms with Crippen LogP contribution in [0, 0.1) is 0 Å². The first kappa shape index (κ1) is 9.96. The van der Waals surface area contributed by atoms with E-state index in [1.165, 1.54) is 0 Å². The molecule has 72 valence electrons. The molecular formula is C9H19NO2. The van der Waals surface area contributed by atoms with Gasteiger partial charge in [-0.25, -0.2) is 0 Å². The van der Waals surface area contributed by atoms with Gasteiger partial charge in [0.05, 0.1) is 12.7 Å². The highest BCUT2D eigenvalue weighted by atomic mass is 16.5. The van der Waals surface area contributed by atoms with Crippen LogP contribution in [0.25, 0.3) is 0 Å². The van der Waals surface area contributed by atoms with Crippen molar-refractivity contribution in [3.05, 3.63) is 0 Å². The van der Waals surface area contributed by atoms with E-state index in [4.69, 9.17) is 9.47 Å². The molecule has 1 aliphatic heterocycles. The second kappa shape index (κ2) is 5.51. The molecule has 1 fully saturated rings. The van der Waals surface area contributed by atoms with Crippen molar-refractivity contribution in [3.63, 3.8) is 0 Å². The van der Waals surface area contributed by atoms with Crippen molar-refractivity contribution in [2.75, 3.05) is 26.4 Å². The quantitative estimate of drug-likeness (QED) is 0.684. The van der Waals surface area contributed by atoms with Crippen LogP contribution < -0.4 is 5.32 Å². The summed E-state index contributed by atoms with van der Waals surface area (Å²) in [4.78, 5) is 0. The van der Waals surface area contributed by atoms with Crippen molar-refractivity contribution in [2.24, 2.45) is 0 Å². The minimum atomic E-state index is 0.245. The van der Waals surface area contributed by atoms with Gasteiger partial charge in [-0.1, -0.05) is 0 Å². The standard InChI is InChI=1S/C9H19NO2/c1-3-11-7-9-6-10-8(2)4-5-12-9/h8-10H,3-7H2,1-2H3. The molecule has 3 nitrogen and oxygen atoms in total. The Balaban J connectivity index is 2.17. The van der Waals surface area contributed by atoms with Gasteiger partial charge in [-0.15, -0.1) is 0 Å². The molecule has 0 aromatic heterocycles. The van der Waals surface area contributed by atoms with Crippen molar-refractivity contribution in [1.82, 2.24) is 5.32 Å². The SMILES string of the molecule is CCOCC1CNC(C)CCO1. The largest absolute Gasteiger partial charge is 0.379 e. The van der Waals surface area contributed by atoms with Crippen molar-refractivity contribution in [1.29, 1.82) is 0 Å². The third-order valence-corrected chi connectivity index (χ3v) is 2.11. The molecule has 1 N–H and O–H groups in total. The number of ether oxygens (including phenoxy) is 2. The summed E-state index contributed by atoms with van der Waals surface area (Å²) >= 11 is 0. The summed E-state index contributed by atoms with van der Waals surface area (Å²) < 4.78 is 10.9. The molecule has 0 bridgehead atoms. The van der Waals surface area contributed by atoms with E-state index in [1.807, 2.05) is 6.92 Å². The monoisotopic (exact) mass is 173 g/mol. The van der Waals surface area contributed by atoms with E-state index in [9.17, 15) is 0 Å². The van der Waals surface area contributed by atoms with Gasteiger partial charge in [0.2, 0.25) is 0 Å². The average Bonchev–Trinajstić information content (AvgIpc) is 2.27. The summed E-state index contributed by atoms with van der Waals surface area (Å²) in [5.74, 6) is 0. The summed E-state index contributed by atoms with van der Waals surface area (Å²) in [6.45, 7) is 7.46. The first-order chi connectivity index (χ1) is 5.83. The van der Waals surface area contributed by atoms with E-state index in [-0.39, 0.29) is 6.10 Å². The minimum absolute atomic E-state index is 0.245. The van der Waals surface area contributed by atoms with Crippen molar-refractivity contribution in [2.45, 2.75) is 32.4 Å². The van der Waals surface area contributed by atoms with E-state index >= 15 is 0 Å². The molecular weight excluding hydrogens is 154 g/mol. The molecule has 0 spiro atoms. The summed E-state index contributed by atoms with van der Waals surface area (Å²) in [6.07, 6.45) is 1.35. The van der Waals surface area contributed by atoms with Crippen LogP contribution >= 0.6 is 0 Å². The molecule has 0 aliphatic carbocycles. The molecule has 1 rings (SSSR count). The Bertz CT molecular complexity index is 117. The molecule has 1 aliphatic rings. The first-order valence-corrected chi connectivity index (χ1v) is 4.75. The zero-order valence-electron chi connectivity index (χ0n) is 8.01. The predicted octanol–water partition coefficient (Wildman–Crippen LogP) is 0.790. The maximum absolute atomic E-state index is 5.59. The van der Waals surface area contributed by atoms with E-state index in [1.54, 1.807) is 0 Å². The molecule has 0 amide bonds. The van der Waals surface area contributed by atoms with Crippen LogP contribution in [-0.2, 0) is 9.47 Å². The van der Waals surface area contributed by atoms with Gasteiger partial charge in [0.1, 0.15) is 0 Å². The Labute approximate surface area is 74.4 Å². The predicted molar refractivity (Wildman–Crippen MR) is 48.3 cm³/mol. The highest BCUT2D eigenvalue weighted by molar-refractivity contribution is 4.70. The molecule has 0 radical (unpaired) electrons. The first-order valence-electron chi connectivity index (χ1n) is 4.75. The van der Waals surface area contributed by atoms with Crippen LogP contribution in [0.3, 0.4) is 0 Å². The van der Waals surface area contributed by atoms with E-state index < -0.39 is 0 Å². The van der Waals surface area contributed by atoms with Crippen molar-refractivity contribution >= 4 is 0 Å². The van der Waals surface area contributed by atoms with E-state index in [2.05, 4.69) is 12.2 Å². The van der Waals surface area contributed by atoms with Crippen LogP contribution in [0.15, 0.2) is 0 Å². The van der Waals surface area contributed by atoms with Gasteiger partial charge in [0, 0.05) is 25.8 Å². The van der Waals surface area contributed by atoms with Gasteiger partial charge < -0.3 is 14.8 Å². The van der Waals surface area contributed by atoms with Crippen molar-refractivity contribution in [3.8, 4) is 0 Å². The molecule has 0 aromatic rings. The van der Waals surface area contributed by atoms with E-state index in [0.29, 0.717) is 6.04 Å².